The molecule has 29 heavy (non-hydrogen) atoms. The molecule has 0 spiro atoms. The molecule has 3 rings (SSSR count). The minimum Gasteiger partial charge on any atom is -0.460 e. The second-order valence-electron chi connectivity index (χ2n) is 8.11. The van der Waals surface area contributed by atoms with E-state index < -0.39 is 23.2 Å². The van der Waals surface area contributed by atoms with E-state index in [2.05, 4.69) is 9.97 Å². The first-order valence-corrected chi connectivity index (χ1v) is 10.0. The highest BCUT2D eigenvalue weighted by Crippen LogP contribution is 2.46. The summed E-state index contributed by atoms with van der Waals surface area (Å²) >= 11 is 11.8. The Morgan fingerprint density at radius 3 is 2.45 bits per heavy atom. The maximum Gasteiger partial charge on any atom is 0.306 e. The van der Waals surface area contributed by atoms with E-state index in [0.29, 0.717) is 0 Å². The van der Waals surface area contributed by atoms with Crippen LogP contribution < -0.4 is 0 Å². The molecule has 154 valence electrons. The van der Waals surface area contributed by atoms with Crippen LogP contribution in [0.1, 0.15) is 67.6 Å². The van der Waals surface area contributed by atoms with Crippen molar-refractivity contribution < 1.29 is 18.7 Å². The van der Waals surface area contributed by atoms with Crippen molar-refractivity contribution >= 4 is 35.0 Å². The molecule has 1 aromatic carbocycles. The first-order chi connectivity index (χ1) is 13.6. The minimum absolute atomic E-state index is 0.0279. The molecule has 0 saturated heterocycles. The van der Waals surface area contributed by atoms with Crippen LogP contribution in [0.4, 0.5) is 4.39 Å². The quantitative estimate of drug-likeness (QED) is 0.447. The van der Waals surface area contributed by atoms with Gasteiger partial charge in [0.1, 0.15) is 22.3 Å². The molecular formula is C21H21Cl2FN2O3. The molecule has 0 N–H and O–H groups in total. The Morgan fingerprint density at radius 2 is 1.90 bits per heavy atom. The normalized spacial score (nSPS) is 15.1. The van der Waals surface area contributed by atoms with Crippen molar-refractivity contribution in [3.05, 3.63) is 57.3 Å². The fourth-order valence-electron chi connectivity index (χ4n) is 3.21. The highest BCUT2D eigenvalue weighted by molar-refractivity contribution is 6.35. The maximum absolute atomic E-state index is 15.4. The zero-order valence-corrected chi connectivity index (χ0v) is 17.9. The molecule has 2 aromatic rings. The summed E-state index contributed by atoms with van der Waals surface area (Å²) in [5.41, 5.74) is -0.691. The first-order valence-electron chi connectivity index (χ1n) is 9.29. The van der Waals surface area contributed by atoms with Crippen LogP contribution in [0.3, 0.4) is 0 Å². The minimum atomic E-state index is -0.736. The van der Waals surface area contributed by atoms with Gasteiger partial charge in [0.2, 0.25) is 5.78 Å². The van der Waals surface area contributed by atoms with Gasteiger partial charge in [0.05, 0.1) is 29.4 Å². The monoisotopic (exact) mass is 438 g/mol. The molecule has 0 amide bonds. The van der Waals surface area contributed by atoms with Crippen LogP contribution in [0.25, 0.3) is 0 Å². The topological polar surface area (TPSA) is 69.2 Å². The number of esters is 1. The van der Waals surface area contributed by atoms with Crippen LogP contribution in [0.5, 0.6) is 0 Å². The molecule has 1 atom stereocenters. The molecule has 0 aliphatic heterocycles. The Kier molecular flexibility index (Phi) is 6.24. The van der Waals surface area contributed by atoms with Crippen molar-refractivity contribution in [3.63, 3.8) is 0 Å². The van der Waals surface area contributed by atoms with Gasteiger partial charge in [0.25, 0.3) is 0 Å². The number of aromatic nitrogens is 2. The van der Waals surface area contributed by atoms with Gasteiger partial charge in [-0.3, -0.25) is 9.59 Å². The summed E-state index contributed by atoms with van der Waals surface area (Å²) in [4.78, 5) is 32.9. The maximum atomic E-state index is 15.4. The lowest BCUT2D eigenvalue weighted by atomic mass is 9.88. The lowest BCUT2D eigenvalue weighted by molar-refractivity contribution is -0.155. The van der Waals surface area contributed by atoms with Gasteiger partial charge in [-0.15, -0.1) is 0 Å². The number of nitrogens with zero attached hydrogens (tertiary/aromatic N) is 2. The Balaban J connectivity index is 1.94. The third-order valence-corrected chi connectivity index (χ3v) is 5.11. The number of ether oxygens (including phenoxy) is 1. The number of hydrogen-bond acceptors (Lipinski definition) is 5. The summed E-state index contributed by atoms with van der Waals surface area (Å²) in [5.74, 6) is -2.05. The third-order valence-electron chi connectivity index (χ3n) is 4.60. The van der Waals surface area contributed by atoms with E-state index in [-0.39, 0.29) is 45.3 Å². The standard InChI is InChI=1S/C21H21Cl2FN2O3/c1-21(2,3)29-17(27)8-13(11-4-5-11)12-6-7-14(22)18(19(12)24)20(28)15-9-26-16(23)10-25-15/h6-7,9-11,13H,4-5,8H2,1-3H3/t13-/m1/s1. The van der Waals surface area contributed by atoms with Gasteiger partial charge in [-0.1, -0.05) is 29.3 Å². The van der Waals surface area contributed by atoms with Crippen LogP contribution in [0.2, 0.25) is 10.2 Å². The Hall–Kier alpha value is -2.05. The lowest BCUT2D eigenvalue weighted by Crippen LogP contribution is -2.25. The van der Waals surface area contributed by atoms with E-state index in [1.54, 1.807) is 20.8 Å². The summed E-state index contributed by atoms with van der Waals surface area (Å²) < 4.78 is 20.8. The molecule has 1 aliphatic rings. The van der Waals surface area contributed by atoms with Crippen molar-refractivity contribution in [1.29, 1.82) is 0 Å². The molecule has 8 heteroatoms. The Bertz CT molecular complexity index is 938. The highest BCUT2D eigenvalue weighted by Gasteiger charge is 2.37. The summed E-state index contributed by atoms with van der Waals surface area (Å²) in [6.45, 7) is 5.34. The van der Waals surface area contributed by atoms with Crippen LogP contribution >= 0.6 is 23.2 Å². The number of benzene rings is 1. The molecule has 0 bridgehead atoms. The molecule has 1 fully saturated rings. The van der Waals surface area contributed by atoms with E-state index >= 15 is 4.39 Å². The van der Waals surface area contributed by atoms with Crippen molar-refractivity contribution in [3.8, 4) is 0 Å². The predicted octanol–water partition coefficient (Wildman–Crippen LogP) is 5.38. The fourth-order valence-corrected chi connectivity index (χ4v) is 3.54. The number of hydrogen-bond donors (Lipinski definition) is 0. The van der Waals surface area contributed by atoms with Gasteiger partial charge in [0, 0.05) is 5.92 Å². The fraction of sp³-hybridized carbons (Fsp3) is 0.429. The largest absolute Gasteiger partial charge is 0.460 e. The summed E-state index contributed by atoms with van der Waals surface area (Å²) in [6, 6.07) is 3.01. The van der Waals surface area contributed by atoms with Gasteiger partial charge in [0.15, 0.2) is 0 Å². The predicted molar refractivity (Wildman–Crippen MR) is 108 cm³/mol. The van der Waals surface area contributed by atoms with E-state index in [1.807, 2.05) is 0 Å². The lowest BCUT2D eigenvalue weighted by Gasteiger charge is -2.23. The molecule has 5 nitrogen and oxygen atoms in total. The first kappa shape index (κ1) is 21.7. The van der Waals surface area contributed by atoms with Gasteiger partial charge < -0.3 is 4.74 Å². The number of carbonyl (C=O) groups excluding carboxylic acids is 2. The smallest absolute Gasteiger partial charge is 0.306 e. The third kappa shape index (κ3) is 5.31. The number of carbonyl (C=O) groups is 2. The van der Waals surface area contributed by atoms with E-state index in [4.69, 9.17) is 27.9 Å². The Labute approximate surface area is 178 Å². The van der Waals surface area contributed by atoms with Crippen LogP contribution in [-0.2, 0) is 9.53 Å². The summed E-state index contributed by atoms with van der Waals surface area (Å²) in [7, 11) is 0. The molecule has 1 saturated carbocycles. The van der Waals surface area contributed by atoms with Crippen molar-refractivity contribution in [2.75, 3.05) is 0 Å². The number of halogens is 3. The molecule has 0 unspecified atom stereocenters. The van der Waals surface area contributed by atoms with Crippen LogP contribution in [-0.4, -0.2) is 27.3 Å². The van der Waals surface area contributed by atoms with E-state index in [1.165, 1.54) is 24.5 Å². The molecule has 1 aromatic heterocycles. The van der Waals surface area contributed by atoms with Crippen molar-refractivity contribution in [1.82, 2.24) is 9.97 Å². The van der Waals surface area contributed by atoms with Gasteiger partial charge in [-0.25, -0.2) is 14.4 Å². The van der Waals surface area contributed by atoms with Crippen LogP contribution in [0, 0.1) is 11.7 Å². The zero-order chi connectivity index (χ0) is 21.3. The van der Waals surface area contributed by atoms with Gasteiger partial charge >= 0.3 is 5.97 Å². The van der Waals surface area contributed by atoms with E-state index in [9.17, 15) is 9.59 Å². The van der Waals surface area contributed by atoms with E-state index in [0.717, 1.165) is 12.8 Å². The van der Waals surface area contributed by atoms with Crippen molar-refractivity contribution in [2.24, 2.45) is 5.92 Å². The average molecular weight is 439 g/mol. The van der Waals surface area contributed by atoms with Crippen LogP contribution in [0.15, 0.2) is 24.5 Å². The number of rotatable bonds is 6. The second kappa shape index (κ2) is 8.36. The zero-order valence-electron chi connectivity index (χ0n) is 16.3. The van der Waals surface area contributed by atoms with Crippen molar-refractivity contribution in [2.45, 2.75) is 51.6 Å². The second-order valence-corrected chi connectivity index (χ2v) is 8.91. The molecule has 0 radical (unpaired) electrons. The summed E-state index contributed by atoms with van der Waals surface area (Å²) in [5, 5.41) is 0.0906. The molecule has 1 aliphatic carbocycles. The molecule has 1 heterocycles. The molecular weight excluding hydrogens is 418 g/mol. The number of ketones is 1. The SMILES string of the molecule is CC(C)(C)OC(=O)C[C@@H](c1ccc(Cl)c(C(=O)c2cnc(Cl)cn2)c1F)C1CC1. The highest BCUT2D eigenvalue weighted by atomic mass is 35.5. The summed E-state index contributed by atoms with van der Waals surface area (Å²) in [6.07, 6.45) is 4.20. The average Bonchev–Trinajstić information content (AvgIpc) is 3.44. The van der Waals surface area contributed by atoms with Gasteiger partial charge in [-0.05, 0) is 51.2 Å². The van der Waals surface area contributed by atoms with Gasteiger partial charge in [-0.2, -0.15) is 0 Å². The Morgan fingerprint density at radius 1 is 1.21 bits per heavy atom.